The predicted octanol–water partition coefficient (Wildman–Crippen LogP) is 1.41. The Morgan fingerprint density at radius 2 is 2.26 bits per heavy atom. The van der Waals surface area contributed by atoms with Crippen molar-refractivity contribution in [3.63, 3.8) is 0 Å². The van der Waals surface area contributed by atoms with Crippen LogP contribution >= 0.6 is 11.8 Å². The Morgan fingerprint density at radius 1 is 1.42 bits per heavy atom. The molecule has 2 heterocycles. The molecule has 5 nitrogen and oxygen atoms in total. The van der Waals surface area contributed by atoms with Crippen molar-refractivity contribution in [1.82, 2.24) is 5.32 Å². The van der Waals surface area contributed by atoms with Crippen LogP contribution in [-0.2, 0) is 14.3 Å². The quantitative estimate of drug-likeness (QED) is 0.799. The predicted molar refractivity (Wildman–Crippen MR) is 73.3 cm³/mol. The molecule has 2 aliphatic rings. The lowest BCUT2D eigenvalue weighted by molar-refractivity contribution is -0.146. The van der Waals surface area contributed by atoms with Gasteiger partial charge in [0, 0.05) is 18.8 Å². The van der Waals surface area contributed by atoms with E-state index in [2.05, 4.69) is 5.32 Å². The second-order valence-electron chi connectivity index (χ2n) is 5.27. The summed E-state index contributed by atoms with van der Waals surface area (Å²) >= 11 is 1.58. The van der Waals surface area contributed by atoms with Crippen LogP contribution < -0.4 is 5.32 Å². The number of carboxylic acid groups (broad SMARTS) is 1. The highest BCUT2D eigenvalue weighted by atomic mass is 32.2. The summed E-state index contributed by atoms with van der Waals surface area (Å²) in [5.41, 5.74) is -1.05. The first kappa shape index (κ1) is 14.7. The van der Waals surface area contributed by atoms with Crippen LogP contribution in [0, 0.1) is 0 Å². The average molecular weight is 287 g/mol. The summed E-state index contributed by atoms with van der Waals surface area (Å²) in [4.78, 5) is 23.2. The lowest BCUT2D eigenvalue weighted by Crippen LogP contribution is -2.54. The highest BCUT2D eigenvalue weighted by Crippen LogP contribution is 2.28. The molecule has 2 aliphatic heterocycles. The number of nitrogens with one attached hydrogen (secondary N) is 1. The molecule has 2 fully saturated rings. The van der Waals surface area contributed by atoms with Gasteiger partial charge in [-0.25, -0.2) is 4.79 Å². The maximum atomic E-state index is 11.9. The Hall–Kier alpha value is -0.750. The van der Waals surface area contributed by atoms with E-state index in [4.69, 9.17) is 4.74 Å². The topological polar surface area (TPSA) is 75.6 Å². The van der Waals surface area contributed by atoms with Crippen molar-refractivity contribution in [3.8, 4) is 0 Å². The Balaban J connectivity index is 1.78. The van der Waals surface area contributed by atoms with Crippen molar-refractivity contribution in [2.75, 3.05) is 18.1 Å². The molecule has 19 heavy (non-hydrogen) atoms. The van der Waals surface area contributed by atoms with Crippen molar-refractivity contribution < 1.29 is 19.4 Å². The molecule has 0 saturated carbocycles. The van der Waals surface area contributed by atoms with E-state index in [0.717, 1.165) is 31.6 Å². The number of thioether (sulfide) groups is 1. The van der Waals surface area contributed by atoms with Crippen LogP contribution in [0.15, 0.2) is 0 Å². The number of carbonyl (C=O) groups excluding carboxylic acids is 1. The molecule has 0 aromatic rings. The highest BCUT2D eigenvalue weighted by Gasteiger charge is 2.43. The van der Waals surface area contributed by atoms with Crippen LogP contribution in [0.2, 0.25) is 0 Å². The van der Waals surface area contributed by atoms with Crippen molar-refractivity contribution in [3.05, 3.63) is 0 Å². The van der Waals surface area contributed by atoms with Gasteiger partial charge in [-0.2, -0.15) is 11.8 Å². The third-order valence-electron chi connectivity index (χ3n) is 3.78. The number of hydrogen-bond donors (Lipinski definition) is 2. The van der Waals surface area contributed by atoms with Gasteiger partial charge in [-0.15, -0.1) is 0 Å². The number of hydrogen-bond acceptors (Lipinski definition) is 4. The molecule has 0 aromatic carbocycles. The Morgan fingerprint density at radius 3 is 2.84 bits per heavy atom. The van der Waals surface area contributed by atoms with Gasteiger partial charge >= 0.3 is 5.97 Å². The fraction of sp³-hybridized carbons (Fsp3) is 0.846. The summed E-state index contributed by atoms with van der Waals surface area (Å²) in [6.07, 6.45) is 4.98. The van der Waals surface area contributed by atoms with E-state index in [1.807, 2.05) is 0 Å². The average Bonchev–Trinajstić information content (AvgIpc) is 2.87. The molecule has 0 aromatic heterocycles. The fourth-order valence-electron chi connectivity index (χ4n) is 2.54. The molecule has 2 N–H and O–H groups in total. The van der Waals surface area contributed by atoms with E-state index in [1.165, 1.54) is 0 Å². The molecule has 108 valence electrons. The third-order valence-corrected chi connectivity index (χ3v) is 4.97. The number of rotatable bonds is 5. The molecule has 0 spiro atoms. The van der Waals surface area contributed by atoms with Gasteiger partial charge in [-0.3, -0.25) is 4.79 Å². The first-order valence-electron chi connectivity index (χ1n) is 6.86. The molecule has 1 amide bonds. The van der Waals surface area contributed by atoms with Gasteiger partial charge in [0.25, 0.3) is 0 Å². The second-order valence-corrected chi connectivity index (χ2v) is 6.37. The normalized spacial score (nSPS) is 31.1. The van der Waals surface area contributed by atoms with E-state index >= 15 is 0 Å². The minimum atomic E-state index is -1.05. The zero-order valence-electron chi connectivity index (χ0n) is 11.0. The zero-order chi connectivity index (χ0) is 13.7. The van der Waals surface area contributed by atoms with Gasteiger partial charge in [-0.1, -0.05) is 0 Å². The number of carboxylic acids is 1. The van der Waals surface area contributed by atoms with Crippen molar-refractivity contribution in [1.29, 1.82) is 0 Å². The Kier molecular flexibility index (Phi) is 5.10. The molecule has 2 rings (SSSR count). The van der Waals surface area contributed by atoms with E-state index in [1.54, 1.807) is 11.8 Å². The largest absolute Gasteiger partial charge is 0.479 e. The molecule has 2 atom stereocenters. The summed E-state index contributed by atoms with van der Waals surface area (Å²) in [6, 6.07) is 0. The maximum Gasteiger partial charge on any atom is 0.330 e. The van der Waals surface area contributed by atoms with Crippen molar-refractivity contribution >= 4 is 23.6 Å². The fourth-order valence-corrected chi connectivity index (χ4v) is 3.87. The van der Waals surface area contributed by atoms with Crippen LogP contribution in [0.25, 0.3) is 0 Å². The summed E-state index contributed by atoms with van der Waals surface area (Å²) < 4.78 is 5.57. The summed E-state index contributed by atoms with van der Waals surface area (Å²) in [5.74, 6) is 0.172. The van der Waals surface area contributed by atoms with Crippen molar-refractivity contribution in [2.24, 2.45) is 0 Å². The minimum absolute atomic E-state index is 0.165. The molecule has 2 unspecified atom stereocenters. The molecule has 0 radical (unpaired) electrons. The summed E-state index contributed by atoms with van der Waals surface area (Å²) in [7, 11) is 0. The van der Waals surface area contributed by atoms with Gasteiger partial charge in [-0.05, 0) is 37.9 Å². The first-order valence-corrected chi connectivity index (χ1v) is 8.02. The first-order chi connectivity index (χ1) is 9.12. The third kappa shape index (κ3) is 3.86. The Bertz CT molecular complexity index is 336. The molecule has 2 saturated heterocycles. The number of aliphatic carboxylic acids is 1. The Labute approximate surface area is 117 Å². The van der Waals surface area contributed by atoms with E-state index in [9.17, 15) is 14.7 Å². The summed E-state index contributed by atoms with van der Waals surface area (Å²) in [6.45, 7) is 0.780. The van der Waals surface area contributed by atoms with Gasteiger partial charge in [0.2, 0.25) is 5.91 Å². The maximum absolute atomic E-state index is 11.9. The van der Waals surface area contributed by atoms with Gasteiger partial charge in [0.05, 0.1) is 6.10 Å². The molecule has 0 bridgehead atoms. The van der Waals surface area contributed by atoms with Gasteiger partial charge in [0.1, 0.15) is 5.54 Å². The van der Waals surface area contributed by atoms with Crippen LogP contribution in [0.1, 0.15) is 38.5 Å². The highest BCUT2D eigenvalue weighted by molar-refractivity contribution is 7.99. The SMILES string of the molecule is O=C(CCC1CCCCO1)NC1(C(=O)O)CCSC1. The number of carbonyl (C=O) groups is 2. The number of ether oxygens (including phenoxy) is 1. The van der Waals surface area contributed by atoms with Crippen LogP contribution in [-0.4, -0.2) is 46.7 Å². The zero-order valence-corrected chi connectivity index (χ0v) is 11.8. The van der Waals surface area contributed by atoms with Gasteiger partial charge < -0.3 is 15.2 Å². The summed E-state index contributed by atoms with van der Waals surface area (Å²) in [5, 5.41) is 12.0. The van der Waals surface area contributed by atoms with Crippen LogP contribution in [0.4, 0.5) is 0 Å². The van der Waals surface area contributed by atoms with Gasteiger partial charge in [0.15, 0.2) is 0 Å². The minimum Gasteiger partial charge on any atom is -0.479 e. The smallest absolute Gasteiger partial charge is 0.330 e. The molecular weight excluding hydrogens is 266 g/mol. The second kappa shape index (κ2) is 6.61. The lowest BCUT2D eigenvalue weighted by atomic mass is 9.98. The molecule has 6 heteroatoms. The van der Waals surface area contributed by atoms with Crippen LogP contribution in [0.3, 0.4) is 0 Å². The lowest BCUT2D eigenvalue weighted by Gasteiger charge is -2.26. The number of amides is 1. The monoisotopic (exact) mass is 287 g/mol. The molecule has 0 aliphatic carbocycles. The van der Waals surface area contributed by atoms with E-state index in [0.29, 0.717) is 25.0 Å². The van der Waals surface area contributed by atoms with Crippen molar-refractivity contribution in [2.45, 2.75) is 50.2 Å². The van der Waals surface area contributed by atoms with E-state index < -0.39 is 11.5 Å². The standard InChI is InChI=1S/C13H21NO4S/c15-11(5-4-10-3-1-2-7-18-10)14-13(12(16)17)6-8-19-9-13/h10H,1-9H2,(H,14,15)(H,16,17). The van der Waals surface area contributed by atoms with E-state index in [-0.39, 0.29) is 12.0 Å². The van der Waals surface area contributed by atoms with Crippen LogP contribution in [0.5, 0.6) is 0 Å². The molecular formula is C13H21NO4S.